The number of hydrogen-bond donors (Lipinski definition) is 0. The predicted octanol–water partition coefficient (Wildman–Crippen LogP) is 0.943. The maximum atomic E-state index is 12.1. The molecule has 0 spiro atoms. The van der Waals surface area contributed by atoms with Crippen LogP contribution in [0.15, 0.2) is 24.3 Å². The first-order chi connectivity index (χ1) is 9.65. The van der Waals surface area contributed by atoms with Crippen molar-refractivity contribution < 1.29 is 9.53 Å². The molecule has 1 saturated heterocycles. The molecule has 2 aliphatic rings. The first-order valence-electron chi connectivity index (χ1n) is 7.29. The highest BCUT2D eigenvalue weighted by molar-refractivity contribution is 5.80. The van der Waals surface area contributed by atoms with Crippen molar-refractivity contribution >= 4 is 5.91 Å². The summed E-state index contributed by atoms with van der Waals surface area (Å²) in [5.41, 5.74) is 2.92. The molecule has 1 fully saturated rings. The van der Waals surface area contributed by atoms with E-state index in [9.17, 15) is 4.79 Å². The molecule has 4 nitrogen and oxygen atoms in total. The van der Waals surface area contributed by atoms with Crippen LogP contribution in [0.4, 0.5) is 0 Å². The number of carbonyl (C=O) groups is 1. The monoisotopic (exact) mass is 274 g/mol. The number of benzene rings is 1. The van der Waals surface area contributed by atoms with Crippen LogP contribution in [0, 0.1) is 0 Å². The van der Waals surface area contributed by atoms with E-state index in [1.54, 1.807) is 19.0 Å². The van der Waals surface area contributed by atoms with Gasteiger partial charge < -0.3 is 9.64 Å². The Kier molecular flexibility index (Phi) is 3.76. The van der Waals surface area contributed by atoms with Crippen LogP contribution in [0.1, 0.15) is 11.1 Å². The number of nitrogens with zero attached hydrogens (tertiary/aromatic N) is 2. The molecule has 0 aromatic heterocycles. The second kappa shape index (κ2) is 5.54. The van der Waals surface area contributed by atoms with E-state index in [0.29, 0.717) is 12.6 Å². The number of carbonyl (C=O) groups excluding carboxylic acids is 1. The fraction of sp³-hybridized carbons (Fsp3) is 0.562. The molecule has 108 valence electrons. The Morgan fingerprint density at radius 3 is 2.50 bits per heavy atom. The maximum Gasteiger partial charge on any atom is 0.252 e. The average Bonchev–Trinajstić information content (AvgIpc) is 2.90. The van der Waals surface area contributed by atoms with Crippen LogP contribution < -0.4 is 0 Å². The molecule has 1 aromatic carbocycles. The molecule has 0 bridgehead atoms. The Morgan fingerprint density at radius 2 is 1.90 bits per heavy atom. The molecule has 1 aromatic rings. The largest absolute Gasteiger partial charge is 0.366 e. The van der Waals surface area contributed by atoms with Gasteiger partial charge in [0.25, 0.3) is 5.91 Å². The Hall–Kier alpha value is -1.39. The van der Waals surface area contributed by atoms with E-state index in [1.807, 2.05) is 0 Å². The first kappa shape index (κ1) is 13.6. The summed E-state index contributed by atoms with van der Waals surface area (Å²) >= 11 is 0. The van der Waals surface area contributed by atoms with Crippen molar-refractivity contribution in [1.82, 2.24) is 9.80 Å². The summed E-state index contributed by atoms with van der Waals surface area (Å²) in [6, 6.07) is 9.18. The molecule has 1 aliphatic heterocycles. The van der Waals surface area contributed by atoms with E-state index in [-0.39, 0.29) is 12.0 Å². The predicted molar refractivity (Wildman–Crippen MR) is 77.6 cm³/mol. The lowest BCUT2D eigenvalue weighted by atomic mass is 10.1. The molecule has 0 radical (unpaired) electrons. The quantitative estimate of drug-likeness (QED) is 0.805. The van der Waals surface area contributed by atoms with Gasteiger partial charge in [0.1, 0.15) is 6.10 Å². The van der Waals surface area contributed by atoms with Gasteiger partial charge in [-0.3, -0.25) is 9.69 Å². The van der Waals surface area contributed by atoms with Gasteiger partial charge in [-0.2, -0.15) is 0 Å². The van der Waals surface area contributed by atoms with E-state index < -0.39 is 0 Å². The van der Waals surface area contributed by atoms with Crippen LogP contribution in [0.3, 0.4) is 0 Å². The number of amides is 1. The minimum Gasteiger partial charge on any atom is -0.366 e. The molecule has 1 heterocycles. The maximum absolute atomic E-state index is 12.1. The van der Waals surface area contributed by atoms with Crippen LogP contribution in [-0.4, -0.2) is 61.6 Å². The molecule has 1 amide bonds. The van der Waals surface area contributed by atoms with E-state index in [4.69, 9.17) is 4.74 Å². The van der Waals surface area contributed by atoms with Crippen LogP contribution in [0.5, 0.6) is 0 Å². The van der Waals surface area contributed by atoms with Crippen molar-refractivity contribution in [3.63, 3.8) is 0 Å². The Morgan fingerprint density at radius 1 is 1.25 bits per heavy atom. The zero-order valence-electron chi connectivity index (χ0n) is 12.2. The third-order valence-electron chi connectivity index (χ3n) is 4.36. The van der Waals surface area contributed by atoms with Crippen molar-refractivity contribution in [3.05, 3.63) is 35.4 Å². The molecule has 0 unspecified atom stereocenters. The number of fused-ring (bicyclic) bond motifs is 1. The number of likely N-dealkylation sites (N-methyl/N-ethyl adjacent to an activating group) is 1. The average molecular weight is 274 g/mol. The SMILES string of the molecule is CN(C)C(=O)[C@H]1CN(C2Cc3ccccc3C2)CCO1. The standard InChI is InChI=1S/C16H22N2O2/c1-17(2)16(19)15-11-18(7-8-20-15)14-9-12-5-3-4-6-13(12)10-14/h3-6,14-15H,7-11H2,1-2H3/t15-/m1/s1. The van der Waals surface area contributed by atoms with Crippen molar-refractivity contribution in [1.29, 1.82) is 0 Å². The lowest BCUT2D eigenvalue weighted by molar-refractivity contribution is -0.147. The van der Waals surface area contributed by atoms with Crippen LogP contribution >= 0.6 is 0 Å². The van der Waals surface area contributed by atoms with Gasteiger partial charge >= 0.3 is 0 Å². The summed E-state index contributed by atoms with van der Waals surface area (Å²) in [5.74, 6) is 0.0743. The molecule has 4 heteroatoms. The Bertz CT molecular complexity index is 476. The van der Waals surface area contributed by atoms with Crippen molar-refractivity contribution in [2.45, 2.75) is 25.0 Å². The second-order valence-corrected chi connectivity index (χ2v) is 5.92. The number of ether oxygens (including phenoxy) is 1. The third kappa shape index (κ3) is 2.58. The first-order valence-corrected chi connectivity index (χ1v) is 7.29. The fourth-order valence-corrected chi connectivity index (χ4v) is 3.23. The van der Waals surface area contributed by atoms with Gasteiger partial charge in [-0.15, -0.1) is 0 Å². The molecule has 3 rings (SSSR count). The molecule has 1 atom stereocenters. The van der Waals surface area contributed by atoms with Gasteiger partial charge in [-0.05, 0) is 24.0 Å². The summed E-state index contributed by atoms with van der Waals surface area (Å²) in [4.78, 5) is 16.1. The summed E-state index contributed by atoms with van der Waals surface area (Å²) in [7, 11) is 3.58. The molecule has 20 heavy (non-hydrogen) atoms. The lowest BCUT2D eigenvalue weighted by Gasteiger charge is -2.36. The highest BCUT2D eigenvalue weighted by Gasteiger charge is 2.33. The number of hydrogen-bond acceptors (Lipinski definition) is 3. The van der Waals surface area contributed by atoms with E-state index in [1.165, 1.54) is 11.1 Å². The second-order valence-electron chi connectivity index (χ2n) is 5.92. The van der Waals surface area contributed by atoms with Gasteiger partial charge in [0.2, 0.25) is 0 Å². The lowest BCUT2D eigenvalue weighted by Crippen LogP contribution is -2.52. The normalized spacial score (nSPS) is 23.6. The van der Waals surface area contributed by atoms with E-state index >= 15 is 0 Å². The highest BCUT2D eigenvalue weighted by Crippen LogP contribution is 2.26. The minimum absolute atomic E-state index is 0.0743. The molecule has 1 aliphatic carbocycles. The van der Waals surface area contributed by atoms with Gasteiger partial charge in [-0.1, -0.05) is 24.3 Å². The molecular weight excluding hydrogens is 252 g/mol. The molecule has 0 saturated carbocycles. The van der Waals surface area contributed by atoms with E-state index in [0.717, 1.165) is 25.9 Å². The van der Waals surface area contributed by atoms with Crippen LogP contribution in [0.25, 0.3) is 0 Å². The zero-order chi connectivity index (χ0) is 14.1. The van der Waals surface area contributed by atoms with E-state index in [2.05, 4.69) is 29.2 Å². The van der Waals surface area contributed by atoms with Crippen molar-refractivity contribution in [2.24, 2.45) is 0 Å². The smallest absolute Gasteiger partial charge is 0.252 e. The van der Waals surface area contributed by atoms with Gasteiger partial charge in [-0.25, -0.2) is 0 Å². The minimum atomic E-state index is -0.303. The number of morpholine rings is 1. The Labute approximate surface area is 120 Å². The molecule has 0 N–H and O–H groups in total. The van der Waals surface area contributed by atoms with Gasteiger partial charge in [0, 0.05) is 33.2 Å². The van der Waals surface area contributed by atoms with Gasteiger partial charge in [0.05, 0.1) is 6.61 Å². The topological polar surface area (TPSA) is 32.8 Å². The number of rotatable bonds is 2. The fourth-order valence-electron chi connectivity index (χ4n) is 3.23. The van der Waals surface area contributed by atoms with Crippen LogP contribution in [0.2, 0.25) is 0 Å². The summed E-state index contributed by atoms with van der Waals surface area (Å²) in [6.07, 6.45) is 1.89. The third-order valence-corrected chi connectivity index (χ3v) is 4.36. The van der Waals surface area contributed by atoms with Gasteiger partial charge in [0.15, 0.2) is 0 Å². The van der Waals surface area contributed by atoms with Crippen LogP contribution in [-0.2, 0) is 22.4 Å². The summed E-state index contributed by atoms with van der Waals surface area (Å²) < 4.78 is 5.64. The highest BCUT2D eigenvalue weighted by atomic mass is 16.5. The molecular formula is C16H22N2O2. The summed E-state index contributed by atoms with van der Waals surface area (Å²) in [6.45, 7) is 2.29. The van der Waals surface area contributed by atoms with Crippen molar-refractivity contribution in [3.8, 4) is 0 Å². The zero-order valence-corrected chi connectivity index (χ0v) is 12.2. The van der Waals surface area contributed by atoms with Crippen molar-refractivity contribution in [2.75, 3.05) is 33.8 Å². The Balaban J connectivity index is 1.66. The summed E-state index contributed by atoms with van der Waals surface area (Å²) in [5, 5.41) is 0.